The lowest BCUT2D eigenvalue weighted by molar-refractivity contribution is 1.25. The first-order chi connectivity index (χ1) is 6.34. The van der Waals surface area contributed by atoms with E-state index >= 15 is 0 Å². The van der Waals surface area contributed by atoms with Crippen molar-refractivity contribution in [2.24, 2.45) is 0 Å². The van der Waals surface area contributed by atoms with Crippen molar-refractivity contribution in [1.82, 2.24) is 4.98 Å². The Hall–Kier alpha value is -1.14. The van der Waals surface area contributed by atoms with Crippen LogP contribution in [0.2, 0.25) is 0 Å². The van der Waals surface area contributed by atoms with E-state index in [-0.39, 0.29) is 0 Å². The maximum absolute atomic E-state index is 5.72. The van der Waals surface area contributed by atoms with E-state index in [0.29, 0.717) is 0 Å². The number of hydrogen-bond acceptors (Lipinski definition) is 3. The third kappa shape index (κ3) is 3.39. The number of hydrogen-bond donors (Lipinski definition) is 1. The lowest BCUT2D eigenvalue weighted by atomic mass is 10.4. The van der Waals surface area contributed by atoms with Gasteiger partial charge in [-0.3, -0.25) is 4.98 Å². The molecule has 0 amide bonds. The van der Waals surface area contributed by atoms with E-state index in [4.69, 9.17) is 5.73 Å². The molecule has 2 nitrogen and oxygen atoms in total. The average Bonchev–Trinajstić information content (AvgIpc) is 2.15. The molecule has 0 aliphatic carbocycles. The molecule has 0 saturated carbocycles. The zero-order valence-corrected chi connectivity index (χ0v) is 8.40. The van der Waals surface area contributed by atoms with Gasteiger partial charge < -0.3 is 5.73 Å². The fraction of sp³-hybridized carbons (Fsp3) is 0.300. The minimum Gasteiger partial charge on any atom is -0.397 e. The van der Waals surface area contributed by atoms with Crippen LogP contribution in [0.4, 0.5) is 5.69 Å². The second-order valence-electron chi connectivity index (χ2n) is 2.44. The molecule has 0 atom stereocenters. The Kier molecular flexibility index (Phi) is 4.20. The lowest BCUT2D eigenvalue weighted by Crippen LogP contribution is -1.89. The number of pyridine rings is 1. The molecule has 68 valence electrons. The monoisotopic (exact) mass is 192 g/mol. The molecule has 1 heterocycles. The highest BCUT2D eigenvalue weighted by atomic mass is 32.2. The molecule has 0 bridgehead atoms. The standard InChI is InChI=1S/C10H12N2S/c1-2-3-4-7-13-10-5-6-12-8-9(10)11/h5-6,8H,4,7,11H2,1H3. The normalized spacial score (nSPS) is 9.00. The van der Waals surface area contributed by atoms with Crippen LogP contribution in [-0.4, -0.2) is 10.7 Å². The van der Waals surface area contributed by atoms with Crippen LogP contribution in [0.3, 0.4) is 0 Å². The van der Waals surface area contributed by atoms with E-state index in [1.807, 2.05) is 13.0 Å². The van der Waals surface area contributed by atoms with Gasteiger partial charge in [0.25, 0.3) is 0 Å². The number of nitrogens with zero attached hydrogens (tertiary/aromatic N) is 1. The molecule has 0 spiro atoms. The Morgan fingerprint density at radius 1 is 1.62 bits per heavy atom. The van der Waals surface area contributed by atoms with Crippen molar-refractivity contribution in [2.45, 2.75) is 18.2 Å². The van der Waals surface area contributed by atoms with Crippen molar-refractivity contribution in [2.75, 3.05) is 11.5 Å². The van der Waals surface area contributed by atoms with Crippen molar-refractivity contribution in [3.63, 3.8) is 0 Å². The fourth-order valence-electron chi connectivity index (χ4n) is 0.862. The molecule has 0 unspecified atom stereocenters. The van der Waals surface area contributed by atoms with E-state index < -0.39 is 0 Å². The predicted molar refractivity (Wildman–Crippen MR) is 57.4 cm³/mol. The summed E-state index contributed by atoms with van der Waals surface area (Å²) in [6.07, 6.45) is 4.33. The lowest BCUT2D eigenvalue weighted by Gasteiger charge is -2.01. The van der Waals surface area contributed by atoms with Gasteiger partial charge in [-0.15, -0.1) is 23.6 Å². The average molecular weight is 192 g/mol. The quantitative estimate of drug-likeness (QED) is 0.453. The number of anilines is 1. The Morgan fingerprint density at radius 3 is 3.15 bits per heavy atom. The van der Waals surface area contributed by atoms with E-state index in [1.54, 1.807) is 24.2 Å². The van der Waals surface area contributed by atoms with Gasteiger partial charge in [0.2, 0.25) is 0 Å². The first kappa shape index (κ1) is 9.94. The third-order valence-electron chi connectivity index (χ3n) is 1.47. The van der Waals surface area contributed by atoms with Crippen LogP contribution < -0.4 is 5.73 Å². The summed E-state index contributed by atoms with van der Waals surface area (Å²) in [6.45, 7) is 1.85. The SMILES string of the molecule is CC#CCCSc1ccncc1N. The molecular formula is C10H12N2S. The largest absolute Gasteiger partial charge is 0.397 e. The molecule has 1 rings (SSSR count). The van der Waals surface area contributed by atoms with Gasteiger partial charge in [0.1, 0.15) is 0 Å². The van der Waals surface area contributed by atoms with E-state index in [1.165, 1.54) is 0 Å². The molecule has 1 aromatic heterocycles. The zero-order chi connectivity index (χ0) is 9.52. The van der Waals surface area contributed by atoms with Crippen LogP contribution in [0.1, 0.15) is 13.3 Å². The second-order valence-corrected chi connectivity index (χ2v) is 3.58. The van der Waals surface area contributed by atoms with Crippen molar-refractivity contribution in [1.29, 1.82) is 0 Å². The Morgan fingerprint density at radius 2 is 2.46 bits per heavy atom. The van der Waals surface area contributed by atoms with E-state index in [9.17, 15) is 0 Å². The number of nitrogen functional groups attached to an aromatic ring is 1. The van der Waals surface area contributed by atoms with Crippen LogP contribution in [0.15, 0.2) is 23.4 Å². The maximum Gasteiger partial charge on any atom is 0.0638 e. The highest BCUT2D eigenvalue weighted by molar-refractivity contribution is 7.99. The molecule has 3 heteroatoms. The summed E-state index contributed by atoms with van der Waals surface area (Å²) in [6, 6.07) is 1.93. The number of rotatable bonds is 3. The van der Waals surface area contributed by atoms with Gasteiger partial charge in [0, 0.05) is 23.3 Å². The summed E-state index contributed by atoms with van der Waals surface area (Å²) in [4.78, 5) is 5.01. The summed E-state index contributed by atoms with van der Waals surface area (Å²) in [5.74, 6) is 6.85. The van der Waals surface area contributed by atoms with Crippen molar-refractivity contribution in [3.05, 3.63) is 18.5 Å². The molecule has 0 aromatic carbocycles. The Labute approximate surface area is 82.9 Å². The topological polar surface area (TPSA) is 38.9 Å². The van der Waals surface area contributed by atoms with Gasteiger partial charge in [-0.2, -0.15) is 0 Å². The van der Waals surface area contributed by atoms with E-state index in [2.05, 4.69) is 16.8 Å². The summed E-state index contributed by atoms with van der Waals surface area (Å²) in [5.41, 5.74) is 6.46. The molecule has 0 radical (unpaired) electrons. The molecule has 0 aliphatic heterocycles. The molecule has 0 aliphatic rings. The van der Waals surface area contributed by atoms with Crippen LogP contribution in [0, 0.1) is 11.8 Å². The third-order valence-corrected chi connectivity index (χ3v) is 2.56. The summed E-state index contributed by atoms with van der Waals surface area (Å²) >= 11 is 1.72. The van der Waals surface area contributed by atoms with Gasteiger partial charge >= 0.3 is 0 Å². The highest BCUT2D eigenvalue weighted by Crippen LogP contribution is 2.23. The molecule has 2 N–H and O–H groups in total. The van der Waals surface area contributed by atoms with Crippen molar-refractivity contribution in [3.8, 4) is 11.8 Å². The number of thioether (sulfide) groups is 1. The summed E-state index contributed by atoms with van der Waals surface area (Å²) in [7, 11) is 0. The van der Waals surface area contributed by atoms with Crippen LogP contribution >= 0.6 is 11.8 Å². The smallest absolute Gasteiger partial charge is 0.0638 e. The minimum atomic E-state index is 0.747. The molecule has 13 heavy (non-hydrogen) atoms. The summed E-state index contributed by atoms with van der Waals surface area (Å²) in [5, 5.41) is 0. The van der Waals surface area contributed by atoms with Crippen LogP contribution in [0.5, 0.6) is 0 Å². The Bertz CT molecular complexity index is 325. The van der Waals surface area contributed by atoms with Gasteiger partial charge in [-0.25, -0.2) is 0 Å². The van der Waals surface area contributed by atoms with Gasteiger partial charge in [-0.05, 0) is 13.0 Å². The second kappa shape index (κ2) is 5.50. The first-order valence-corrected chi connectivity index (χ1v) is 5.05. The highest BCUT2D eigenvalue weighted by Gasteiger charge is 1.96. The van der Waals surface area contributed by atoms with Gasteiger partial charge in [0.05, 0.1) is 11.9 Å². The Balaban J connectivity index is 2.44. The minimum absolute atomic E-state index is 0.747. The van der Waals surface area contributed by atoms with Gasteiger partial charge in [0.15, 0.2) is 0 Å². The van der Waals surface area contributed by atoms with Crippen LogP contribution in [-0.2, 0) is 0 Å². The zero-order valence-electron chi connectivity index (χ0n) is 7.58. The fourth-order valence-corrected chi connectivity index (χ4v) is 1.66. The van der Waals surface area contributed by atoms with Crippen LogP contribution in [0.25, 0.3) is 0 Å². The number of nitrogens with two attached hydrogens (primary N) is 1. The van der Waals surface area contributed by atoms with Crippen molar-refractivity contribution < 1.29 is 0 Å². The number of aromatic nitrogens is 1. The molecule has 0 saturated heterocycles. The van der Waals surface area contributed by atoms with E-state index in [0.717, 1.165) is 22.8 Å². The molecule has 0 fully saturated rings. The maximum atomic E-state index is 5.72. The first-order valence-electron chi connectivity index (χ1n) is 4.06. The molecule has 1 aromatic rings. The van der Waals surface area contributed by atoms with Gasteiger partial charge in [-0.1, -0.05) is 0 Å². The molecular weight excluding hydrogens is 180 g/mol. The summed E-state index contributed by atoms with van der Waals surface area (Å²) < 4.78 is 0. The predicted octanol–water partition coefficient (Wildman–Crippen LogP) is 2.17. The van der Waals surface area contributed by atoms with Crippen molar-refractivity contribution >= 4 is 17.4 Å².